The van der Waals surface area contributed by atoms with Crippen LogP contribution in [0.5, 0.6) is 0 Å². The molecule has 0 aromatic heterocycles. The van der Waals surface area contributed by atoms with Gasteiger partial charge in [0.05, 0.1) is 0 Å². The van der Waals surface area contributed by atoms with Crippen LogP contribution in [-0.4, -0.2) is 16.9 Å². The van der Waals surface area contributed by atoms with Gasteiger partial charge in [-0.2, -0.15) is 0 Å². The summed E-state index contributed by atoms with van der Waals surface area (Å²) in [5.41, 5.74) is 1.10. The van der Waals surface area contributed by atoms with E-state index in [-0.39, 0.29) is 0 Å². The Morgan fingerprint density at radius 3 is 2.44 bits per heavy atom. The van der Waals surface area contributed by atoms with Gasteiger partial charge in [-0.3, -0.25) is 0 Å². The van der Waals surface area contributed by atoms with Crippen LogP contribution in [0.25, 0.3) is 0 Å². The molecular formula is C13H19BrN2. The molecule has 0 aliphatic rings. The summed E-state index contributed by atoms with van der Waals surface area (Å²) in [4.78, 5) is 8.51. The minimum Gasteiger partial charge on any atom is -0.243 e. The fourth-order valence-electron chi connectivity index (χ4n) is 0.843. The van der Waals surface area contributed by atoms with E-state index in [4.69, 9.17) is 0 Å². The van der Waals surface area contributed by atoms with E-state index >= 15 is 0 Å². The maximum atomic E-state index is 4.31. The second-order valence-electron chi connectivity index (χ2n) is 3.19. The quantitative estimate of drug-likeness (QED) is 0.311. The molecule has 2 nitrogen and oxygen atoms in total. The Hall–Kier alpha value is -0.960. The first kappa shape index (κ1) is 15.0. The van der Waals surface area contributed by atoms with Gasteiger partial charge in [-0.1, -0.05) is 47.2 Å². The molecule has 0 saturated carbocycles. The van der Waals surface area contributed by atoms with Gasteiger partial charge in [-0.25, -0.2) is 9.98 Å². The molecule has 0 saturated heterocycles. The van der Waals surface area contributed by atoms with E-state index in [9.17, 15) is 0 Å². The Bertz CT molecular complexity index is 323. The maximum Gasteiger partial charge on any atom is 0.125 e. The lowest BCUT2D eigenvalue weighted by Crippen LogP contribution is -1.93. The van der Waals surface area contributed by atoms with Gasteiger partial charge in [0.15, 0.2) is 0 Å². The maximum absolute atomic E-state index is 4.31. The average molecular weight is 283 g/mol. The highest BCUT2D eigenvalue weighted by molar-refractivity contribution is 9.09. The normalized spacial score (nSPS) is 14.8. The molecule has 0 bridgehead atoms. The molecule has 0 aromatic carbocycles. The summed E-state index contributed by atoms with van der Waals surface area (Å²) in [6.45, 7) is 5.99. The summed E-state index contributed by atoms with van der Waals surface area (Å²) >= 11 is 3.31. The van der Waals surface area contributed by atoms with Crippen molar-refractivity contribution in [3.05, 3.63) is 36.6 Å². The van der Waals surface area contributed by atoms with Crippen molar-refractivity contribution in [1.82, 2.24) is 0 Å². The smallest absolute Gasteiger partial charge is 0.125 e. The van der Waals surface area contributed by atoms with E-state index < -0.39 is 0 Å². The van der Waals surface area contributed by atoms with E-state index in [1.165, 1.54) is 0 Å². The van der Waals surface area contributed by atoms with Crippen LogP contribution >= 0.6 is 15.9 Å². The van der Waals surface area contributed by atoms with E-state index in [0.29, 0.717) is 0 Å². The minimum atomic E-state index is 0.792. The third-order valence-corrected chi connectivity index (χ3v) is 2.14. The monoisotopic (exact) mass is 282 g/mol. The number of hydrogen-bond donors (Lipinski definition) is 0. The van der Waals surface area contributed by atoms with Gasteiger partial charge in [0, 0.05) is 17.2 Å². The van der Waals surface area contributed by atoms with E-state index in [0.717, 1.165) is 23.3 Å². The summed E-state index contributed by atoms with van der Waals surface area (Å²) in [5, 5.41) is 0.878. The largest absolute Gasteiger partial charge is 0.243 e. The Morgan fingerprint density at radius 1 is 1.12 bits per heavy atom. The van der Waals surface area contributed by atoms with E-state index in [1.54, 1.807) is 6.20 Å². The SMILES string of the molecule is CCC(C)=NC(C)=N\C=C/C=C/C=C/CBr. The number of allylic oxidation sites excluding steroid dienone is 5. The number of rotatable bonds is 5. The number of aliphatic imine (C=N–C) groups is 2. The lowest BCUT2D eigenvalue weighted by molar-refractivity contribution is 1.26. The predicted octanol–water partition coefficient (Wildman–Crippen LogP) is 4.30. The zero-order chi connectivity index (χ0) is 12.2. The Kier molecular flexibility index (Phi) is 9.92. The van der Waals surface area contributed by atoms with Gasteiger partial charge in [0.25, 0.3) is 0 Å². The third kappa shape index (κ3) is 9.59. The van der Waals surface area contributed by atoms with Gasteiger partial charge in [0.1, 0.15) is 5.84 Å². The summed E-state index contributed by atoms with van der Waals surface area (Å²) in [7, 11) is 0. The Morgan fingerprint density at radius 2 is 1.81 bits per heavy atom. The zero-order valence-electron chi connectivity index (χ0n) is 10.2. The Labute approximate surface area is 107 Å². The number of hydrogen-bond acceptors (Lipinski definition) is 1. The number of nitrogens with zero attached hydrogens (tertiary/aromatic N) is 2. The van der Waals surface area contributed by atoms with Crippen molar-refractivity contribution in [3.63, 3.8) is 0 Å². The first-order valence-corrected chi connectivity index (χ1v) is 6.45. The van der Waals surface area contributed by atoms with Crippen LogP contribution in [0, 0.1) is 0 Å². The van der Waals surface area contributed by atoms with Gasteiger partial charge in [-0.05, 0) is 26.3 Å². The standard InChI is InChI=1S/C13H19BrN2/c1-4-12(2)16-13(3)15-11-9-7-5-6-8-10-14/h5-9,11H,4,10H2,1-3H3/b7-5+,8-6+,11-9-,15-13?,16-12?. The highest BCUT2D eigenvalue weighted by Crippen LogP contribution is 1.90. The number of halogens is 1. The van der Waals surface area contributed by atoms with Gasteiger partial charge in [0.2, 0.25) is 0 Å². The van der Waals surface area contributed by atoms with Gasteiger partial charge in [-0.15, -0.1) is 0 Å². The zero-order valence-corrected chi connectivity index (χ0v) is 11.7. The molecule has 0 N–H and O–H groups in total. The fourth-order valence-corrected chi connectivity index (χ4v) is 1.06. The minimum absolute atomic E-state index is 0.792. The molecule has 3 heteroatoms. The first-order chi connectivity index (χ1) is 7.70. The molecule has 0 aromatic rings. The van der Waals surface area contributed by atoms with Crippen LogP contribution in [-0.2, 0) is 0 Å². The molecule has 0 amide bonds. The molecular weight excluding hydrogens is 264 g/mol. The van der Waals surface area contributed by atoms with Crippen LogP contribution in [0.15, 0.2) is 46.6 Å². The van der Waals surface area contributed by atoms with Crippen molar-refractivity contribution in [2.75, 3.05) is 5.33 Å². The van der Waals surface area contributed by atoms with E-state index in [1.807, 2.05) is 44.2 Å². The highest BCUT2D eigenvalue weighted by Gasteiger charge is 1.86. The van der Waals surface area contributed by atoms with Crippen LogP contribution in [0.3, 0.4) is 0 Å². The van der Waals surface area contributed by atoms with Crippen molar-refractivity contribution < 1.29 is 0 Å². The lowest BCUT2D eigenvalue weighted by Gasteiger charge is -1.92. The average Bonchev–Trinajstić information content (AvgIpc) is 2.27. The van der Waals surface area contributed by atoms with Crippen molar-refractivity contribution in [2.45, 2.75) is 27.2 Å². The molecule has 0 aliphatic carbocycles. The highest BCUT2D eigenvalue weighted by atomic mass is 79.9. The summed E-state index contributed by atoms with van der Waals surface area (Å²) in [6.07, 6.45) is 12.5. The van der Waals surface area contributed by atoms with Crippen molar-refractivity contribution >= 4 is 27.5 Å². The van der Waals surface area contributed by atoms with Crippen molar-refractivity contribution in [3.8, 4) is 0 Å². The van der Waals surface area contributed by atoms with E-state index in [2.05, 4.69) is 32.8 Å². The molecule has 0 radical (unpaired) electrons. The van der Waals surface area contributed by atoms with Gasteiger partial charge >= 0.3 is 0 Å². The molecule has 0 aliphatic heterocycles. The van der Waals surface area contributed by atoms with Crippen LogP contribution in [0.1, 0.15) is 27.2 Å². The Balaban J connectivity index is 4.11. The number of amidine groups is 1. The molecule has 88 valence electrons. The topological polar surface area (TPSA) is 24.7 Å². The summed E-state index contributed by atoms with van der Waals surface area (Å²) < 4.78 is 0. The first-order valence-electron chi connectivity index (χ1n) is 5.33. The summed E-state index contributed by atoms with van der Waals surface area (Å²) in [5.74, 6) is 0.792. The molecule has 0 fully saturated rings. The number of alkyl halides is 1. The fraction of sp³-hybridized carbons (Fsp3) is 0.385. The lowest BCUT2D eigenvalue weighted by atomic mass is 10.3. The van der Waals surface area contributed by atoms with Gasteiger partial charge < -0.3 is 0 Å². The van der Waals surface area contributed by atoms with Crippen LogP contribution in [0.4, 0.5) is 0 Å². The molecule has 0 atom stereocenters. The summed E-state index contributed by atoms with van der Waals surface area (Å²) in [6, 6.07) is 0. The van der Waals surface area contributed by atoms with Crippen LogP contribution < -0.4 is 0 Å². The van der Waals surface area contributed by atoms with Crippen molar-refractivity contribution in [2.24, 2.45) is 9.98 Å². The third-order valence-electron chi connectivity index (χ3n) is 1.77. The predicted molar refractivity (Wildman–Crippen MR) is 77.7 cm³/mol. The molecule has 16 heavy (non-hydrogen) atoms. The molecule has 0 spiro atoms. The second kappa shape index (κ2) is 10.6. The second-order valence-corrected chi connectivity index (χ2v) is 3.83. The molecule has 0 unspecified atom stereocenters. The van der Waals surface area contributed by atoms with Crippen LogP contribution in [0.2, 0.25) is 0 Å². The van der Waals surface area contributed by atoms with Crippen molar-refractivity contribution in [1.29, 1.82) is 0 Å². The molecule has 0 heterocycles. The molecule has 0 rings (SSSR count).